The highest BCUT2D eigenvalue weighted by atomic mass is 32.1. The van der Waals surface area contributed by atoms with E-state index in [9.17, 15) is 4.79 Å². The summed E-state index contributed by atoms with van der Waals surface area (Å²) >= 11 is 1.55. The van der Waals surface area contributed by atoms with Gasteiger partial charge in [0.15, 0.2) is 5.13 Å². The van der Waals surface area contributed by atoms with Crippen LogP contribution in [-0.4, -0.2) is 36.5 Å². The number of thiazole rings is 1. The minimum absolute atomic E-state index is 0.0686. The van der Waals surface area contributed by atoms with Gasteiger partial charge in [-0.15, -0.1) is 11.3 Å². The number of nitrogens with zero attached hydrogens (tertiary/aromatic N) is 2. The predicted molar refractivity (Wildman–Crippen MR) is 115 cm³/mol. The first-order valence-electron chi connectivity index (χ1n) is 8.92. The van der Waals surface area contributed by atoms with Crippen molar-refractivity contribution in [2.24, 2.45) is 0 Å². The fourth-order valence-corrected chi connectivity index (χ4v) is 3.37. The Bertz CT molecular complexity index is 907. The topological polar surface area (TPSA) is 66.5 Å². The number of ether oxygens (including phenoxy) is 1. The lowest BCUT2D eigenvalue weighted by Gasteiger charge is -2.15. The minimum atomic E-state index is -0.0686. The van der Waals surface area contributed by atoms with Crippen LogP contribution < -0.4 is 15.4 Å². The molecule has 6 nitrogen and oxygen atoms in total. The molecule has 0 aliphatic carbocycles. The molecule has 0 unspecified atom stereocenters. The lowest BCUT2D eigenvalue weighted by atomic mass is 10.2. The number of anilines is 3. The average molecular weight is 397 g/mol. The van der Waals surface area contributed by atoms with Crippen LogP contribution in [0.25, 0.3) is 0 Å². The number of amides is 1. The van der Waals surface area contributed by atoms with Crippen molar-refractivity contribution in [3.8, 4) is 5.75 Å². The zero-order chi connectivity index (χ0) is 19.9. The van der Waals surface area contributed by atoms with Gasteiger partial charge in [-0.2, -0.15) is 0 Å². The quantitative estimate of drug-likeness (QED) is 0.595. The van der Waals surface area contributed by atoms with Gasteiger partial charge in [-0.05, 0) is 50.4 Å². The maximum atomic E-state index is 12.2. The number of hydrogen-bond donors (Lipinski definition) is 2. The number of methoxy groups -OCH3 is 1. The van der Waals surface area contributed by atoms with E-state index in [1.807, 2.05) is 53.7 Å². The Hall–Kier alpha value is -2.90. The molecule has 0 atom stereocenters. The summed E-state index contributed by atoms with van der Waals surface area (Å²) in [7, 11) is 3.52. The van der Waals surface area contributed by atoms with Crippen molar-refractivity contribution in [3.63, 3.8) is 0 Å². The van der Waals surface area contributed by atoms with Crippen molar-refractivity contribution in [1.82, 2.24) is 9.88 Å². The second-order valence-corrected chi connectivity index (χ2v) is 7.44. The lowest BCUT2D eigenvalue weighted by Crippen LogP contribution is -2.29. The van der Waals surface area contributed by atoms with Crippen LogP contribution in [-0.2, 0) is 11.3 Å². The third-order valence-corrected chi connectivity index (χ3v) is 4.88. The summed E-state index contributed by atoms with van der Waals surface area (Å²) < 4.78 is 5.12. The van der Waals surface area contributed by atoms with Crippen LogP contribution in [0.5, 0.6) is 5.75 Å². The molecule has 3 aromatic rings. The van der Waals surface area contributed by atoms with Crippen molar-refractivity contribution < 1.29 is 9.53 Å². The molecule has 1 heterocycles. The first kappa shape index (κ1) is 19.9. The van der Waals surface area contributed by atoms with E-state index in [1.165, 1.54) is 5.56 Å². The fraction of sp³-hybridized carbons (Fsp3) is 0.238. The van der Waals surface area contributed by atoms with Crippen LogP contribution >= 0.6 is 11.3 Å². The Labute approximate surface area is 169 Å². The SMILES string of the molecule is COc1ccc(NC(=O)CN(C)Cc2csc(Nc3ccc(C)cc3)n2)cc1. The summed E-state index contributed by atoms with van der Waals surface area (Å²) in [5, 5.41) is 9.04. The van der Waals surface area contributed by atoms with E-state index in [2.05, 4.69) is 34.7 Å². The van der Waals surface area contributed by atoms with Crippen LogP contribution in [0.3, 0.4) is 0 Å². The Morgan fingerprint density at radius 3 is 2.46 bits per heavy atom. The van der Waals surface area contributed by atoms with Gasteiger partial charge in [0.2, 0.25) is 5.91 Å². The number of carbonyl (C=O) groups excluding carboxylic acids is 1. The van der Waals surface area contributed by atoms with Crippen LogP contribution in [0.15, 0.2) is 53.9 Å². The summed E-state index contributed by atoms with van der Waals surface area (Å²) in [5.74, 6) is 0.689. The Balaban J connectivity index is 1.48. The number of nitrogens with one attached hydrogen (secondary N) is 2. The number of rotatable bonds is 8. The minimum Gasteiger partial charge on any atom is -0.497 e. The zero-order valence-electron chi connectivity index (χ0n) is 16.2. The lowest BCUT2D eigenvalue weighted by molar-refractivity contribution is -0.117. The molecule has 0 fully saturated rings. The summed E-state index contributed by atoms with van der Waals surface area (Å²) in [5.41, 5.74) is 3.91. The molecule has 0 aliphatic heterocycles. The monoisotopic (exact) mass is 396 g/mol. The Morgan fingerprint density at radius 1 is 1.11 bits per heavy atom. The molecule has 0 bridgehead atoms. The van der Waals surface area contributed by atoms with Crippen molar-refractivity contribution in [3.05, 3.63) is 65.2 Å². The van der Waals surface area contributed by atoms with Crippen molar-refractivity contribution in [1.29, 1.82) is 0 Å². The predicted octanol–water partition coefficient (Wildman–Crippen LogP) is 4.27. The van der Waals surface area contributed by atoms with Crippen molar-refractivity contribution in [2.75, 3.05) is 31.3 Å². The molecule has 0 radical (unpaired) electrons. The van der Waals surface area contributed by atoms with E-state index in [4.69, 9.17) is 4.74 Å². The van der Waals surface area contributed by atoms with E-state index in [0.717, 1.165) is 27.9 Å². The van der Waals surface area contributed by atoms with Crippen LogP contribution in [0.4, 0.5) is 16.5 Å². The molecule has 7 heteroatoms. The van der Waals surface area contributed by atoms with Gasteiger partial charge in [-0.1, -0.05) is 17.7 Å². The van der Waals surface area contributed by atoms with E-state index in [1.54, 1.807) is 18.4 Å². The average Bonchev–Trinajstić information content (AvgIpc) is 3.10. The molecular weight excluding hydrogens is 372 g/mol. The van der Waals surface area contributed by atoms with E-state index in [-0.39, 0.29) is 12.5 Å². The summed E-state index contributed by atoms with van der Waals surface area (Å²) in [4.78, 5) is 18.8. The first-order valence-corrected chi connectivity index (χ1v) is 9.80. The molecule has 0 saturated heterocycles. The maximum Gasteiger partial charge on any atom is 0.238 e. The molecule has 2 aromatic carbocycles. The normalized spacial score (nSPS) is 10.7. The Kier molecular flexibility index (Phi) is 6.62. The van der Waals surface area contributed by atoms with E-state index < -0.39 is 0 Å². The fourth-order valence-electron chi connectivity index (χ4n) is 2.65. The van der Waals surface area contributed by atoms with Gasteiger partial charge in [0.25, 0.3) is 0 Å². The molecule has 146 valence electrons. The number of hydrogen-bond acceptors (Lipinski definition) is 6. The Morgan fingerprint density at radius 2 is 1.79 bits per heavy atom. The van der Waals surface area contributed by atoms with Gasteiger partial charge in [-0.25, -0.2) is 4.98 Å². The third-order valence-electron chi connectivity index (χ3n) is 4.07. The largest absolute Gasteiger partial charge is 0.497 e. The van der Waals surface area contributed by atoms with Gasteiger partial charge in [-0.3, -0.25) is 9.69 Å². The number of aromatic nitrogens is 1. The van der Waals surface area contributed by atoms with Crippen molar-refractivity contribution in [2.45, 2.75) is 13.5 Å². The summed E-state index contributed by atoms with van der Waals surface area (Å²) in [6, 6.07) is 15.5. The zero-order valence-corrected chi connectivity index (χ0v) is 17.0. The van der Waals surface area contributed by atoms with Crippen LogP contribution in [0.2, 0.25) is 0 Å². The third kappa shape index (κ3) is 5.80. The molecular formula is C21H24N4O2S. The maximum absolute atomic E-state index is 12.2. The number of benzene rings is 2. The molecule has 0 aliphatic rings. The molecule has 0 saturated carbocycles. The smallest absolute Gasteiger partial charge is 0.238 e. The highest BCUT2D eigenvalue weighted by Gasteiger charge is 2.10. The van der Waals surface area contributed by atoms with Gasteiger partial charge < -0.3 is 15.4 Å². The van der Waals surface area contributed by atoms with Gasteiger partial charge in [0.05, 0.1) is 19.3 Å². The highest BCUT2D eigenvalue weighted by Crippen LogP contribution is 2.22. The van der Waals surface area contributed by atoms with Gasteiger partial charge in [0, 0.05) is 23.3 Å². The number of likely N-dealkylation sites (N-methyl/N-ethyl adjacent to an activating group) is 1. The molecule has 1 aromatic heterocycles. The van der Waals surface area contributed by atoms with Crippen molar-refractivity contribution >= 4 is 33.8 Å². The molecule has 2 N–H and O–H groups in total. The first-order chi connectivity index (χ1) is 13.5. The number of aryl methyl sites for hydroxylation is 1. The summed E-state index contributed by atoms with van der Waals surface area (Å²) in [6.45, 7) is 2.94. The van der Waals surface area contributed by atoms with Gasteiger partial charge >= 0.3 is 0 Å². The number of carbonyl (C=O) groups is 1. The second kappa shape index (κ2) is 9.34. The van der Waals surface area contributed by atoms with E-state index in [0.29, 0.717) is 6.54 Å². The molecule has 1 amide bonds. The summed E-state index contributed by atoms with van der Waals surface area (Å²) in [6.07, 6.45) is 0. The molecule has 0 spiro atoms. The van der Waals surface area contributed by atoms with Crippen LogP contribution in [0, 0.1) is 6.92 Å². The second-order valence-electron chi connectivity index (χ2n) is 6.58. The van der Waals surface area contributed by atoms with Gasteiger partial charge in [0.1, 0.15) is 5.75 Å². The van der Waals surface area contributed by atoms with Crippen LogP contribution in [0.1, 0.15) is 11.3 Å². The highest BCUT2D eigenvalue weighted by molar-refractivity contribution is 7.13. The molecule has 3 rings (SSSR count). The standard InChI is InChI=1S/C21H24N4O2S/c1-15-4-6-17(7-5-15)23-21-24-18(14-28-21)12-25(2)13-20(26)22-16-8-10-19(27-3)11-9-16/h4-11,14H,12-13H2,1-3H3,(H,22,26)(H,23,24). The molecule has 28 heavy (non-hydrogen) atoms. The van der Waals surface area contributed by atoms with E-state index >= 15 is 0 Å².